The first-order valence-corrected chi connectivity index (χ1v) is 5.06. The topological polar surface area (TPSA) is 118 Å². The SMILES string of the molecule is CS(=O)CCC(=O)O.NCC(=O)O. The Balaban J connectivity index is 0. The van der Waals surface area contributed by atoms with Crippen LogP contribution in [0.5, 0.6) is 0 Å². The highest BCUT2D eigenvalue weighted by Crippen LogP contribution is 1.81. The maximum Gasteiger partial charge on any atom is 0.317 e. The van der Waals surface area contributed by atoms with Crippen molar-refractivity contribution in [1.29, 1.82) is 0 Å². The van der Waals surface area contributed by atoms with Crippen LogP contribution in [-0.4, -0.2) is 44.9 Å². The second kappa shape index (κ2) is 9.14. The number of aliphatic carboxylic acids is 2. The van der Waals surface area contributed by atoms with Crippen molar-refractivity contribution in [3.8, 4) is 0 Å². The van der Waals surface area contributed by atoms with Crippen molar-refractivity contribution in [2.24, 2.45) is 5.73 Å². The summed E-state index contributed by atoms with van der Waals surface area (Å²) in [5.41, 5.74) is 4.57. The standard InChI is InChI=1S/C4H8O3S.C2H5NO2/c1-8(7)3-2-4(5)6;3-1-2(4)5/h2-3H2,1H3,(H,5,6);1,3H2,(H,4,5). The van der Waals surface area contributed by atoms with Crippen LogP contribution in [0.4, 0.5) is 0 Å². The fourth-order valence-corrected chi connectivity index (χ4v) is 0.693. The molecule has 0 aromatic rings. The summed E-state index contributed by atoms with van der Waals surface area (Å²) in [6, 6.07) is 0. The smallest absolute Gasteiger partial charge is 0.317 e. The van der Waals surface area contributed by atoms with E-state index in [1.807, 2.05) is 0 Å². The zero-order chi connectivity index (χ0) is 10.9. The van der Waals surface area contributed by atoms with Crippen LogP contribution in [0.2, 0.25) is 0 Å². The average Bonchev–Trinajstić information content (AvgIpc) is 2.02. The van der Waals surface area contributed by atoms with Crippen LogP contribution in [-0.2, 0) is 20.4 Å². The molecule has 0 aromatic carbocycles. The summed E-state index contributed by atoms with van der Waals surface area (Å²) < 4.78 is 10.2. The lowest BCUT2D eigenvalue weighted by Gasteiger charge is -1.87. The van der Waals surface area contributed by atoms with Crippen molar-refractivity contribution >= 4 is 22.7 Å². The molecule has 0 saturated heterocycles. The van der Waals surface area contributed by atoms with Gasteiger partial charge in [-0.2, -0.15) is 0 Å². The van der Waals surface area contributed by atoms with Crippen molar-refractivity contribution in [2.75, 3.05) is 18.6 Å². The molecule has 0 radical (unpaired) electrons. The predicted octanol–water partition coefficient (Wildman–Crippen LogP) is -1.13. The third-order valence-corrected chi connectivity index (χ3v) is 1.56. The van der Waals surface area contributed by atoms with Crippen LogP contribution < -0.4 is 5.73 Å². The van der Waals surface area contributed by atoms with Gasteiger partial charge in [-0.3, -0.25) is 13.8 Å². The molecule has 0 aromatic heterocycles. The maximum absolute atomic E-state index is 10.2. The molecule has 7 heteroatoms. The van der Waals surface area contributed by atoms with Crippen LogP contribution in [0.25, 0.3) is 0 Å². The highest BCUT2D eigenvalue weighted by Gasteiger charge is 1.96. The molecule has 0 saturated carbocycles. The Hall–Kier alpha value is -0.950. The van der Waals surface area contributed by atoms with Gasteiger partial charge in [-0.05, 0) is 0 Å². The summed E-state index contributed by atoms with van der Waals surface area (Å²) in [5, 5.41) is 15.6. The molecule has 13 heavy (non-hydrogen) atoms. The molecular weight excluding hydrogens is 198 g/mol. The summed E-state index contributed by atoms with van der Waals surface area (Å²) in [4.78, 5) is 19.0. The second-order valence-electron chi connectivity index (χ2n) is 2.02. The van der Waals surface area contributed by atoms with E-state index < -0.39 is 22.7 Å². The van der Waals surface area contributed by atoms with Gasteiger partial charge in [0, 0.05) is 22.8 Å². The van der Waals surface area contributed by atoms with Gasteiger partial charge in [0.2, 0.25) is 0 Å². The molecule has 1 atom stereocenters. The Morgan fingerprint density at radius 1 is 1.31 bits per heavy atom. The molecule has 1 unspecified atom stereocenters. The average molecular weight is 211 g/mol. The third-order valence-electron chi connectivity index (χ3n) is 0.778. The van der Waals surface area contributed by atoms with Gasteiger partial charge in [0.15, 0.2) is 0 Å². The number of carboxylic acid groups (broad SMARTS) is 2. The van der Waals surface area contributed by atoms with Gasteiger partial charge in [0.1, 0.15) is 0 Å². The van der Waals surface area contributed by atoms with Crippen molar-refractivity contribution < 1.29 is 24.0 Å². The van der Waals surface area contributed by atoms with E-state index in [4.69, 9.17) is 10.2 Å². The van der Waals surface area contributed by atoms with Crippen molar-refractivity contribution in [3.05, 3.63) is 0 Å². The number of rotatable bonds is 4. The molecule has 0 spiro atoms. The van der Waals surface area contributed by atoms with Gasteiger partial charge < -0.3 is 15.9 Å². The van der Waals surface area contributed by atoms with Gasteiger partial charge in [0.25, 0.3) is 0 Å². The lowest BCUT2D eigenvalue weighted by Crippen LogP contribution is -2.10. The molecule has 0 heterocycles. The van der Waals surface area contributed by atoms with E-state index in [9.17, 15) is 13.8 Å². The Kier molecular flexibility index (Phi) is 10.2. The number of hydrogen-bond donors (Lipinski definition) is 3. The molecule has 0 rings (SSSR count). The zero-order valence-corrected chi connectivity index (χ0v) is 8.04. The summed E-state index contributed by atoms with van der Waals surface area (Å²) in [6.45, 7) is -0.278. The van der Waals surface area contributed by atoms with Gasteiger partial charge >= 0.3 is 11.9 Å². The van der Waals surface area contributed by atoms with Crippen LogP contribution >= 0.6 is 0 Å². The number of carbonyl (C=O) groups is 2. The zero-order valence-electron chi connectivity index (χ0n) is 7.23. The first kappa shape index (κ1) is 14.6. The second-order valence-corrected chi connectivity index (χ2v) is 3.57. The van der Waals surface area contributed by atoms with E-state index in [0.29, 0.717) is 0 Å². The van der Waals surface area contributed by atoms with Crippen molar-refractivity contribution in [2.45, 2.75) is 6.42 Å². The summed E-state index contributed by atoms with van der Waals surface area (Å²) in [7, 11) is -0.967. The molecule has 0 fully saturated rings. The number of nitrogens with two attached hydrogens (primary N) is 1. The van der Waals surface area contributed by atoms with E-state index in [2.05, 4.69) is 5.73 Å². The van der Waals surface area contributed by atoms with Gasteiger partial charge in [-0.25, -0.2) is 0 Å². The summed E-state index contributed by atoms with van der Waals surface area (Å²) in [5.74, 6) is -1.60. The summed E-state index contributed by atoms with van der Waals surface area (Å²) in [6.07, 6.45) is 1.49. The highest BCUT2D eigenvalue weighted by molar-refractivity contribution is 7.84. The number of carboxylic acids is 2. The Bertz CT molecular complexity index is 179. The Morgan fingerprint density at radius 3 is 1.77 bits per heavy atom. The minimum absolute atomic E-state index is 0.00309. The normalized spacial score (nSPS) is 10.9. The van der Waals surface area contributed by atoms with E-state index in [-0.39, 0.29) is 18.7 Å². The first-order valence-electron chi connectivity index (χ1n) is 3.33. The third kappa shape index (κ3) is 24.7. The molecule has 78 valence electrons. The molecule has 0 bridgehead atoms. The largest absolute Gasteiger partial charge is 0.481 e. The quantitative estimate of drug-likeness (QED) is 0.541. The van der Waals surface area contributed by atoms with Gasteiger partial charge in [-0.15, -0.1) is 0 Å². The molecule has 0 aliphatic rings. The van der Waals surface area contributed by atoms with E-state index in [0.717, 1.165) is 0 Å². The Morgan fingerprint density at radius 2 is 1.69 bits per heavy atom. The van der Waals surface area contributed by atoms with E-state index in [1.54, 1.807) is 0 Å². The fourth-order valence-electron chi connectivity index (χ4n) is 0.231. The monoisotopic (exact) mass is 211 g/mol. The Labute approximate surface area is 78.2 Å². The highest BCUT2D eigenvalue weighted by atomic mass is 32.2. The lowest BCUT2D eigenvalue weighted by atomic mass is 10.5. The maximum atomic E-state index is 10.2. The molecule has 0 aliphatic heterocycles. The molecule has 0 aliphatic carbocycles. The fraction of sp³-hybridized carbons (Fsp3) is 0.667. The molecule has 6 nitrogen and oxygen atoms in total. The lowest BCUT2D eigenvalue weighted by molar-refractivity contribution is -0.137. The van der Waals surface area contributed by atoms with Crippen molar-refractivity contribution in [3.63, 3.8) is 0 Å². The van der Waals surface area contributed by atoms with E-state index in [1.165, 1.54) is 6.26 Å². The molecule has 4 N–H and O–H groups in total. The summed E-state index contributed by atoms with van der Waals surface area (Å²) >= 11 is 0. The van der Waals surface area contributed by atoms with Crippen molar-refractivity contribution in [1.82, 2.24) is 0 Å². The van der Waals surface area contributed by atoms with Crippen LogP contribution in [0.3, 0.4) is 0 Å². The number of hydrogen-bond acceptors (Lipinski definition) is 4. The molecular formula is C6H13NO5S. The van der Waals surface area contributed by atoms with Crippen LogP contribution in [0, 0.1) is 0 Å². The van der Waals surface area contributed by atoms with Gasteiger partial charge in [0.05, 0.1) is 13.0 Å². The van der Waals surface area contributed by atoms with Crippen LogP contribution in [0.1, 0.15) is 6.42 Å². The van der Waals surface area contributed by atoms with E-state index >= 15 is 0 Å². The first-order chi connectivity index (χ1) is 5.90. The molecule has 0 amide bonds. The van der Waals surface area contributed by atoms with Gasteiger partial charge in [-0.1, -0.05) is 0 Å². The predicted molar refractivity (Wildman–Crippen MR) is 47.9 cm³/mol. The minimum Gasteiger partial charge on any atom is -0.481 e. The minimum atomic E-state index is -0.968. The van der Waals surface area contributed by atoms with Crippen LogP contribution in [0.15, 0.2) is 0 Å².